The molecule has 0 unspecified atom stereocenters. The Morgan fingerprint density at radius 3 is 1.75 bits per heavy atom. The second-order valence-corrected chi connectivity index (χ2v) is 14.7. The van der Waals surface area contributed by atoms with Crippen LogP contribution in [0.25, 0.3) is 0 Å². The van der Waals surface area contributed by atoms with Crippen LogP contribution in [0, 0.1) is 0 Å². The molecule has 1 nitrogen and oxygen atoms in total. The molecule has 1 heterocycles. The molecule has 0 saturated heterocycles. The fourth-order valence-electron chi connectivity index (χ4n) is 3.32. The van der Waals surface area contributed by atoms with E-state index < -0.39 is 16.5 Å². The van der Waals surface area contributed by atoms with Gasteiger partial charge in [-0.1, -0.05) is 57.4 Å². The van der Waals surface area contributed by atoms with Gasteiger partial charge in [-0.15, -0.1) is 0 Å². The van der Waals surface area contributed by atoms with Crippen molar-refractivity contribution >= 4 is 26.8 Å². The highest BCUT2D eigenvalue weighted by atomic mass is 28.4. The van der Waals surface area contributed by atoms with Crippen molar-refractivity contribution in [2.24, 2.45) is 0 Å². The normalized spacial score (nSPS) is 22.1. The van der Waals surface area contributed by atoms with Crippen molar-refractivity contribution in [3.05, 3.63) is 24.3 Å². The molecular weight excluding hydrogens is 226 g/mol. The van der Waals surface area contributed by atoms with Gasteiger partial charge >= 0.3 is 0 Å². The average molecular weight is 250 g/mol. The summed E-state index contributed by atoms with van der Waals surface area (Å²) in [5.74, 6) is 0. The number of nitrogens with zero attached hydrogens (tertiary/aromatic N) is 1. The quantitative estimate of drug-likeness (QED) is 0.727. The van der Waals surface area contributed by atoms with Gasteiger partial charge in [0.2, 0.25) is 0 Å². The Bertz CT molecular complexity index is 364. The van der Waals surface area contributed by atoms with Crippen LogP contribution in [-0.2, 0) is 0 Å². The molecule has 1 aliphatic heterocycles. The zero-order valence-electron chi connectivity index (χ0n) is 11.2. The van der Waals surface area contributed by atoms with Crippen LogP contribution in [0.1, 0.15) is 13.3 Å². The molecular formula is C13H23NSi2. The Hall–Kier alpha value is -0.386. The van der Waals surface area contributed by atoms with Gasteiger partial charge in [-0.2, -0.15) is 0 Å². The van der Waals surface area contributed by atoms with Crippen LogP contribution in [0.15, 0.2) is 24.3 Å². The lowest BCUT2D eigenvalue weighted by atomic mass is 10.4. The molecule has 0 N–H and O–H groups in total. The van der Waals surface area contributed by atoms with Gasteiger partial charge in [-0.3, -0.25) is 0 Å². The smallest absolute Gasteiger partial charge is 0.147 e. The fourth-order valence-corrected chi connectivity index (χ4v) is 16.1. The number of rotatable bonds is 2. The van der Waals surface area contributed by atoms with Crippen LogP contribution < -0.4 is 10.4 Å². The number of hydrogen-bond donors (Lipinski definition) is 0. The summed E-state index contributed by atoms with van der Waals surface area (Å²) in [5.41, 5.74) is 0. The van der Waals surface area contributed by atoms with E-state index in [0.717, 1.165) is 0 Å². The van der Waals surface area contributed by atoms with Crippen molar-refractivity contribution in [1.29, 1.82) is 0 Å². The van der Waals surface area contributed by atoms with Gasteiger partial charge in [-0.05, 0) is 23.3 Å². The molecule has 0 radical (unpaired) electrons. The zero-order chi connectivity index (χ0) is 12.0. The van der Waals surface area contributed by atoms with E-state index >= 15 is 0 Å². The first kappa shape index (κ1) is 12.1. The highest BCUT2D eigenvalue weighted by Gasteiger charge is 2.50. The molecule has 1 aliphatic rings. The number of benzene rings is 1. The summed E-state index contributed by atoms with van der Waals surface area (Å²) in [6.45, 7) is 13.7. The zero-order valence-corrected chi connectivity index (χ0v) is 13.2. The van der Waals surface area contributed by atoms with E-state index in [1.165, 1.54) is 13.0 Å². The molecule has 0 amide bonds. The number of hydrogen-bond acceptors (Lipinski definition) is 1. The van der Waals surface area contributed by atoms with Gasteiger partial charge in [0.1, 0.15) is 16.5 Å². The van der Waals surface area contributed by atoms with Crippen LogP contribution >= 0.6 is 0 Å². The Labute approximate surface area is 102 Å². The Morgan fingerprint density at radius 2 is 1.38 bits per heavy atom. The minimum atomic E-state index is -1.35. The SMILES string of the molecule is CCCN1[Si](C)(C)c2ccccc2[Si]1(C)C. The lowest BCUT2D eigenvalue weighted by Gasteiger charge is -2.39. The van der Waals surface area contributed by atoms with Crippen molar-refractivity contribution in [3.8, 4) is 0 Å². The van der Waals surface area contributed by atoms with E-state index in [2.05, 4.69) is 61.6 Å². The van der Waals surface area contributed by atoms with Crippen LogP contribution in [0.3, 0.4) is 0 Å². The summed E-state index contributed by atoms with van der Waals surface area (Å²) in [7, 11) is -2.70. The van der Waals surface area contributed by atoms with Crippen LogP contribution in [0.2, 0.25) is 26.2 Å². The maximum absolute atomic E-state index is 2.91. The van der Waals surface area contributed by atoms with E-state index in [1.807, 2.05) is 0 Å². The monoisotopic (exact) mass is 249 g/mol. The fraction of sp³-hybridized carbons (Fsp3) is 0.538. The van der Waals surface area contributed by atoms with Crippen LogP contribution in [-0.4, -0.2) is 27.2 Å². The first-order valence-corrected chi connectivity index (χ1v) is 12.2. The first-order chi connectivity index (χ1) is 7.42. The topological polar surface area (TPSA) is 3.24 Å². The molecule has 0 fully saturated rings. The predicted octanol–water partition coefficient (Wildman–Crippen LogP) is 2.24. The molecule has 1 aromatic rings. The van der Waals surface area contributed by atoms with Crippen molar-refractivity contribution in [2.75, 3.05) is 6.54 Å². The summed E-state index contributed by atoms with van der Waals surface area (Å²) in [4.78, 5) is 0. The summed E-state index contributed by atoms with van der Waals surface area (Å²) >= 11 is 0. The van der Waals surface area contributed by atoms with Gasteiger partial charge in [-0.25, -0.2) is 0 Å². The number of fused-ring (bicyclic) bond motifs is 1. The molecule has 0 bridgehead atoms. The lowest BCUT2D eigenvalue weighted by molar-refractivity contribution is 0.617. The summed E-state index contributed by atoms with van der Waals surface area (Å²) in [5, 5.41) is 3.39. The van der Waals surface area contributed by atoms with E-state index in [9.17, 15) is 0 Å². The average Bonchev–Trinajstić information content (AvgIpc) is 2.38. The molecule has 0 aliphatic carbocycles. The molecule has 16 heavy (non-hydrogen) atoms. The third-order valence-electron chi connectivity index (χ3n) is 4.04. The lowest BCUT2D eigenvalue weighted by Crippen LogP contribution is -2.60. The van der Waals surface area contributed by atoms with Crippen molar-refractivity contribution in [1.82, 2.24) is 4.23 Å². The standard InChI is InChI=1S/C13H23NSi2/c1-6-11-14-15(2,3)12-9-7-8-10-13(12)16(14,4)5/h7-10H,6,11H2,1-5H3. The van der Waals surface area contributed by atoms with Gasteiger partial charge < -0.3 is 4.23 Å². The Morgan fingerprint density at radius 1 is 0.938 bits per heavy atom. The summed E-state index contributed by atoms with van der Waals surface area (Å²) in [6.07, 6.45) is 1.28. The summed E-state index contributed by atoms with van der Waals surface area (Å²) in [6, 6.07) is 9.19. The summed E-state index contributed by atoms with van der Waals surface area (Å²) < 4.78 is 2.91. The van der Waals surface area contributed by atoms with E-state index in [1.54, 1.807) is 10.4 Å². The van der Waals surface area contributed by atoms with Crippen LogP contribution in [0.4, 0.5) is 0 Å². The van der Waals surface area contributed by atoms with Gasteiger partial charge in [0.05, 0.1) is 0 Å². The molecule has 0 atom stereocenters. The molecule has 0 spiro atoms. The molecule has 88 valence electrons. The predicted molar refractivity (Wildman–Crippen MR) is 77.7 cm³/mol. The molecule has 3 heteroatoms. The third kappa shape index (κ3) is 1.53. The molecule has 0 saturated carbocycles. The molecule has 2 rings (SSSR count). The minimum Gasteiger partial charge on any atom is -0.339 e. The Balaban J connectivity index is 2.56. The first-order valence-electron chi connectivity index (χ1n) is 6.30. The van der Waals surface area contributed by atoms with Gasteiger partial charge in [0.25, 0.3) is 0 Å². The maximum Gasteiger partial charge on any atom is 0.147 e. The Kier molecular flexibility index (Phi) is 2.89. The van der Waals surface area contributed by atoms with Gasteiger partial charge in [0, 0.05) is 0 Å². The van der Waals surface area contributed by atoms with E-state index in [0.29, 0.717) is 0 Å². The third-order valence-corrected chi connectivity index (χ3v) is 14.3. The highest BCUT2D eigenvalue weighted by molar-refractivity contribution is 7.10. The largest absolute Gasteiger partial charge is 0.339 e. The van der Waals surface area contributed by atoms with Gasteiger partial charge in [0.15, 0.2) is 0 Å². The molecule has 1 aromatic carbocycles. The minimum absolute atomic E-state index is 1.28. The second kappa shape index (κ2) is 3.82. The van der Waals surface area contributed by atoms with Crippen molar-refractivity contribution < 1.29 is 0 Å². The van der Waals surface area contributed by atoms with E-state index in [4.69, 9.17) is 0 Å². The van der Waals surface area contributed by atoms with Crippen molar-refractivity contribution in [2.45, 2.75) is 39.5 Å². The maximum atomic E-state index is 2.91. The van der Waals surface area contributed by atoms with E-state index in [-0.39, 0.29) is 0 Å². The second-order valence-electron chi connectivity index (χ2n) is 5.82. The van der Waals surface area contributed by atoms with Crippen molar-refractivity contribution in [3.63, 3.8) is 0 Å². The molecule has 0 aromatic heterocycles. The highest BCUT2D eigenvalue weighted by Crippen LogP contribution is 2.25. The van der Waals surface area contributed by atoms with Crippen LogP contribution in [0.5, 0.6) is 0 Å².